The number of hydrogen-bond donors (Lipinski definition) is 2. The van der Waals surface area contributed by atoms with Crippen LogP contribution < -0.4 is 15.4 Å². The number of ether oxygens (including phenoxy) is 1. The largest absolute Gasteiger partial charge is 0.483 e. The molecule has 0 aliphatic rings. The van der Waals surface area contributed by atoms with Crippen LogP contribution in [0.2, 0.25) is 0 Å². The maximum atomic E-state index is 12.5. The van der Waals surface area contributed by atoms with Gasteiger partial charge in [-0.1, -0.05) is 6.07 Å². The van der Waals surface area contributed by atoms with Crippen LogP contribution in [-0.2, 0) is 9.59 Å². The van der Waals surface area contributed by atoms with E-state index >= 15 is 0 Å². The summed E-state index contributed by atoms with van der Waals surface area (Å²) in [6.45, 7) is 5.19. The molecule has 2 N–H and O–H groups in total. The number of nitrogens with zero attached hydrogens (tertiary/aromatic N) is 1. The molecule has 4 rings (SSSR count). The van der Waals surface area contributed by atoms with E-state index in [1.54, 1.807) is 28.7 Å². The van der Waals surface area contributed by atoms with Gasteiger partial charge in [-0.2, -0.15) is 0 Å². The summed E-state index contributed by atoms with van der Waals surface area (Å²) < 4.78 is 7.97. The molecule has 0 saturated heterocycles. The van der Waals surface area contributed by atoms with Gasteiger partial charge in [-0.15, -0.1) is 22.7 Å². The van der Waals surface area contributed by atoms with E-state index in [0.717, 1.165) is 30.9 Å². The van der Waals surface area contributed by atoms with E-state index in [-0.39, 0.29) is 18.4 Å². The molecule has 0 fully saturated rings. The molecule has 6 nitrogen and oxygen atoms in total. The molecule has 2 aromatic carbocycles. The Labute approximate surface area is 175 Å². The average molecular weight is 426 g/mol. The molecule has 0 bridgehead atoms. The van der Waals surface area contributed by atoms with Crippen LogP contribution in [0.5, 0.6) is 5.75 Å². The van der Waals surface area contributed by atoms with Crippen LogP contribution in [0, 0.1) is 13.8 Å². The lowest BCUT2D eigenvalue weighted by atomic mass is 10.2. The van der Waals surface area contributed by atoms with Gasteiger partial charge < -0.3 is 15.4 Å². The van der Waals surface area contributed by atoms with Crippen LogP contribution in [0.3, 0.4) is 0 Å². The molecule has 0 aliphatic heterocycles. The van der Waals surface area contributed by atoms with Gasteiger partial charge in [0, 0.05) is 18.4 Å². The first-order valence-electron chi connectivity index (χ1n) is 8.99. The molecule has 0 unspecified atom stereocenters. The molecule has 148 valence electrons. The van der Waals surface area contributed by atoms with Crippen molar-refractivity contribution in [3.05, 3.63) is 46.3 Å². The van der Waals surface area contributed by atoms with Crippen molar-refractivity contribution in [1.82, 2.24) is 4.98 Å². The Bertz CT molecular complexity index is 1240. The van der Waals surface area contributed by atoms with Crippen LogP contribution in [0.25, 0.3) is 20.3 Å². The van der Waals surface area contributed by atoms with Gasteiger partial charge in [0.1, 0.15) is 5.75 Å². The van der Waals surface area contributed by atoms with Gasteiger partial charge in [-0.05, 0) is 43.0 Å². The van der Waals surface area contributed by atoms with Crippen LogP contribution in [0.15, 0.2) is 35.7 Å². The number of amides is 2. The molecule has 0 aliphatic carbocycles. The summed E-state index contributed by atoms with van der Waals surface area (Å²) in [5, 5.41) is 9.50. The van der Waals surface area contributed by atoms with Crippen molar-refractivity contribution in [2.45, 2.75) is 20.8 Å². The van der Waals surface area contributed by atoms with Gasteiger partial charge in [0.15, 0.2) is 6.61 Å². The van der Waals surface area contributed by atoms with Gasteiger partial charge in [0.2, 0.25) is 5.91 Å². The van der Waals surface area contributed by atoms with Gasteiger partial charge >= 0.3 is 0 Å². The maximum absolute atomic E-state index is 12.5. The molecule has 29 heavy (non-hydrogen) atoms. The Morgan fingerprint density at radius 2 is 1.93 bits per heavy atom. The predicted molar refractivity (Wildman–Crippen MR) is 119 cm³/mol. The fraction of sp³-hybridized carbons (Fsp3) is 0.190. The smallest absolute Gasteiger partial charge is 0.262 e. The fourth-order valence-corrected chi connectivity index (χ4v) is 4.93. The number of rotatable bonds is 5. The quantitative estimate of drug-likeness (QED) is 0.466. The standard InChI is InChI=1S/C21H19N3O3S2/c1-11-4-5-15(22-12(2)25)16(8-11)24-19(26)10-27-17-9-18-20(23-13(3)29-18)21-14(17)6-7-28-21/h4-9H,10H2,1-3H3,(H,22,25)(H,24,26). The molecule has 2 aromatic heterocycles. The van der Waals surface area contributed by atoms with E-state index in [0.29, 0.717) is 17.1 Å². The van der Waals surface area contributed by atoms with Crippen molar-refractivity contribution >= 4 is 66.2 Å². The number of thiophene rings is 1. The van der Waals surface area contributed by atoms with Gasteiger partial charge in [0.25, 0.3) is 5.91 Å². The number of thiazole rings is 1. The second-order valence-corrected chi connectivity index (χ2v) is 8.84. The number of carbonyl (C=O) groups excluding carboxylic acids is 2. The van der Waals surface area contributed by atoms with Crippen molar-refractivity contribution in [2.75, 3.05) is 17.2 Å². The maximum Gasteiger partial charge on any atom is 0.262 e. The minimum absolute atomic E-state index is 0.137. The van der Waals surface area contributed by atoms with E-state index in [1.807, 2.05) is 43.5 Å². The molecule has 0 atom stereocenters. The molecule has 0 radical (unpaired) electrons. The molecular formula is C21H19N3O3S2. The average Bonchev–Trinajstić information content (AvgIpc) is 3.27. The van der Waals surface area contributed by atoms with Crippen molar-refractivity contribution < 1.29 is 14.3 Å². The van der Waals surface area contributed by atoms with E-state index < -0.39 is 0 Å². The molecule has 2 amide bonds. The highest BCUT2D eigenvalue weighted by atomic mass is 32.1. The highest BCUT2D eigenvalue weighted by Gasteiger charge is 2.14. The van der Waals surface area contributed by atoms with E-state index in [2.05, 4.69) is 15.6 Å². The number of aryl methyl sites for hydroxylation is 2. The number of hydrogen-bond acceptors (Lipinski definition) is 6. The number of fused-ring (bicyclic) bond motifs is 3. The van der Waals surface area contributed by atoms with E-state index in [1.165, 1.54) is 6.92 Å². The van der Waals surface area contributed by atoms with Gasteiger partial charge in [-0.3, -0.25) is 9.59 Å². The lowest BCUT2D eigenvalue weighted by molar-refractivity contribution is -0.118. The number of aromatic nitrogens is 1. The number of benzene rings is 2. The number of anilines is 2. The zero-order chi connectivity index (χ0) is 20.5. The van der Waals surface area contributed by atoms with Crippen molar-refractivity contribution in [2.24, 2.45) is 0 Å². The Hall–Kier alpha value is -2.97. The first kappa shape index (κ1) is 19.4. The minimum Gasteiger partial charge on any atom is -0.483 e. The highest BCUT2D eigenvalue weighted by Crippen LogP contribution is 2.38. The normalized spacial score (nSPS) is 11.0. The monoisotopic (exact) mass is 425 g/mol. The minimum atomic E-state index is -0.300. The zero-order valence-corrected chi connectivity index (χ0v) is 17.8. The molecular weight excluding hydrogens is 406 g/mol. The summed E-state index contributed by atoms with van der Waals surface area (Å²) >= 11 is 3.22. The first-order chi connectivity index (χ1) is 13.9. The molecule has 4 aromatic rings. The topological polar surface area (TPSA) is 80.3 Å². The SMILES string of the molecule is CC(=O)Nc1ccc(C)cc1NC(=O)COc1cc2sc(C)nc2c2sccc12. The second-order valence-electron chi connectivity index (χ2n) is 6.68. The summed E-state index contributed by atoms with van der Waals surface area (Å²) in [6.07, 6.45) is 0. The summed E-state index contributed by atoms with van der Waals surface area (Å²) in [4.78, 5) is 28.5. The third-order valence-electron chi connectivity index (χ3n) is 4.29. The third-order valence-corrected chi connectivity index (χ3v) is 6.13. The summed E-state index contributed by atoms with van der Waals surface area (Å²) in [7, 11) is 0. The van der Waals surface area contributed by atoms with E-state index in [4.69, 9.17) is 4.74 Å². The van der Waals surface area contributed by atoms with E-state index in [9.17, 15) is 9.59 Å². The highest BCUT2D eigenvalue weighted by molar-refractivity contribution is 7.21. The second kappa shape index (κ2) is 7.81. The predicted octanol–water partition coefficient (Wildman–Crippen LogP) is 5.10. The zero-order valence-electron chi connectivity index (χ0n) is 16.2. The molecule has 2 heterocycles. The Morgan fingerprint density at radius 1 is 1.10 bits per heavy atom. The van der Waals surface area contributed by atoms with Crippen LogP contribution >= 0.6 is 22.7 Å². The van der Waals surface area contributed by atoms with Crippen LogP contribution in [0.4, 0.5) is 11.4 Å². The Balaban J connectivity index is 1.54. The van der Waals surface area contributed by atoms with Crippen LogP contribution in [0.1, 0.15) is 17.5 Å². The Morgan fingerprint density at radius 3 is 2.72 bits per heavy atom. The van der Waals surface area contributed by atoms with Crippen molar-refractivity contribution in [3.8, 4) is 5.75 Å². The molecule has 8 heteroatoms. The van der Waals surface area contributed by atoms with Gasteiger partial charge in [-0.25, -0.2) is 4.98 Å². The Kier molecular flexibility index (Phi) is 5.21. The number of carbonyl (C=O) groups is 2. The van der Waals surface area contributed by atoms with Crippen molar-refractivity contribution in [1.29, 1.82) is 0 Å². The third kappa shape index (κ3) is 4.08. The molecule has 0 saturated carbocycles. The first-order valence-corrected chi connectivity index (χ1v) is 10.7. The fourth-order valence-electron chi connectivity index (χ4n) is 3.10. The van der Waals surface area contributed by atoms with Gasteiger partial charge in [0.05, 0.1) is 31.3 Å². The number of nitrogens with one attached hydrogen (secondary N) is 2. The lowest BCUT2D eigenvalue weighted by Crippen LogP contribution is -2.21. The van der Waals surface area contributed by atoms with Crippen molar-refractivity contribution in [3.63, 3.8) is 0 Å². The lowest BCUT2D eigenvalue weighted by Gasteiger charge is -2.13. The summed E-state index contributed by atoms with van der Waals surface area (Å²) in [5.74, 6) is 0.165. The van der Waals surface area contributed by atoms with Crippen LogP contribution in [-0.4, -0.2) is 23.4 Å². The summed E-state index contributed by atoms with van der Waals surface area (Å²) in [5.41, 5.74) is 3.05. The summed E-state index contributed by atoms with van der Waals surface area (Å²) in [6, 6.07) is 9.38. The molecule has 0 spiro atoms.